The summed E-state index contributed by atoms with van der Waals surface area (Å²) in [6, 6.07) is 7.23. The minimum atomic E-state index is -0.723. The molecule has 10 nitrogen and oxygen atoms in total. The number of tetrazole rings is 1. The Labute approximate surface area is 161 Å². The number of piperidine rings is 1. The van der Waals surface area contributed by atoms with Gasteiger partial charge < -0.3 is 15.4 Å². The van der Waals surface area contributed by atoms with E-state index in [2.05, 4.69) is 31.3 Å². The summed E-state index contributed by atoms with van der Waals surface area (Å²) in [6.07, 6.45) is 4.86. The third-order valence-corrected chi connectivity index (χ3v) is 5.09. The topological polar surface area (TPSA) is 112 Å². The average molecular weight is 382 g/mol. The molecule has 0 spiro atoms. The maximum absolute atomic E-state index is 13.3. The van der Waals surface area contributed by atoms with Crippen molar-refractivity contribution in [1.82, 2.24) is 35.3 Å². The van der Waals surface area contributed by atoms with Crippen molar-refractivity contribution in [3.8, 4) is 11.4 Å². The number of methoxy groups -OCH3 is 1. The molecule has 10 heteroatoms. The van der Waals surface area contributed by atoms with Gasteiger partial charge in [0.05, 0.1) is 7.11 Å². The number of nitrogens with one attached hydrogen (secondary N) is 2. The number of hydrogen-bond acceptors (Lipinski definition) is 7. The van der Waals surface area contributed by atoms with Crippen LogP contribution in [-0.2, 0) is 10.3 Å². The molecule has 0 aliphatic carbocycles. The molecule has 1 aromatic carbocycles. The number of nitrogens with zero attached hydrogens (tertiary/aromatic N) is 6. The normalized spacial score (nSPS) is 15.9. The van der Waals surface area contributed by atoms with E-state index in [-0.39, 0.29) is 5.91 Å². The predicted molar refractivity (Wildman–Crippen MR) is 101 cm³/mol. The number of anilines is 1. The van der Waals surface area contributed by atoms with Crippen LogP contribution in [0.1, 0.15) is 18.7 Å². The van der Waals surface area contributed by atoms with Crippen molar-refractivity contribution in [2.24, 2.45) is 0 Å². The van der Waals surface area contributed by atoms with E-state index in [4.69, 9.17) is 4.74 Å². The molecule has 1 saturated heterocycles. The van der Waals surface area contributed by atoms with Gasteiger partial charge in [-0.3, -0.25) is 9.48 Å². The Bertz CT molecular complexity index is 960. The van der Waals surface area contributed by atoms with Crippen LogP contribution in [0.2, 0.25) is 0 Å². The van der Waals surface area contributed by atoms with Gasteiger partial charge >= 0.3 is 0 Å². The molecule has 2 aromatic heterocycles. The van der Waals surface area contributed by atoms with Gasteiger partial charge in [-0.2, -0.15) is 9.78 Å². The summed E-state index contributed by atoms with van der Waals surface area (Å²) in [5.41, 5.74) is 0.571. The van der Waals surface area contributed by atoms with Crippen molar-refractivity contribution in [3.05, 3.63) is 42.5 Å². The molecular weight excluding hydrogens is 360 g/mol. The van der Waals surface area contributed by atoms with Gasteiger partial charge in [0, 0.05) is 18.1 Å². The second-order valence-corrected chi connectivity index (χ2v) is 6.71. The Hall–Kier alpha value is -3.27. The Kier molecular flexibility index (Phi) is 4.78. The fraction of sp³-hybridized carbons (Fsp3) is 0.389. The van der Waals surface area contributed by atoms with Gasteiger partial charge in [0.2, 0.25) is 0 Å². The Morgan fingerprint density at radius 3 is 2.79 bits per heavy atom. The van der Waals surface area contributed by atoms with Crippen LogP contribution < -0.4 is 15.4 Å². The Morgan fingerprint density at radius 1 is 1.32 bits per heavy atom. The lowest BCUT2D eigenvalue weighted by Gasteiger charge is -2.36. The van der Waals surface area contributed by atoms with Crippen LogP contribution in [0.5, 0.6) is 5.75 Å². The molecule has 0 radical (unpaired) electrons. The fourth-order valence-electron chi connectivity index (χ4n) is 3.56. The number of benzene rings is 1. The molecule has 0 saturated carbocycles. The van der Waals surface area contributed by atoms with Crippen molar-refractivity contribution in [2.45, 2.75) is 25.3 Å². The molecule has 1 amide bonds. The minimum Gasteiger partial charge on any atom is -0.494 e. The third-order valence-electron chi connectivity index (χ3n) is 5.09. The van der Waals surface area contributed by atoms with Crippen LogP contribution in [-0.4, -0.2) is 56.1 Å². The largest absolute Gasteiger partial charge is 0.494 e. The standard InChI is InChI=1S/C18H22N8O2/c1-13-22-23-24-26(13)15-12-14(4-5-16(15)28-2)21-17(27)18(6-9-19-10-7-18)25-11-3-8-20-25/h3-5,8,11-12,19H,6-7,9-10H2,1-2H3,(H,21,27). The summed E-state index contributed by atoms with van der Waals surface area (Å²) in [4.78, 5) is 13.3. The zero-order chi connectivity index (χ0) is 19.6. The van der Waals surface area contributed by atoms with Crippen molar-refractivity contribution in [3.63, 3.8) is 0 Å². The Balaban J connectivity index is 1.66. The molecule has 0 unspecified atom stereocenters. The molecule has 3 aromatic rings. The summed E-state index contributed by atoms with van der Waals surface area (Å²) in [7, 11) is 1.58. The van der Waals surface area contributed by atoms with E-state index in [0.717, 1.165) is 13.1 Å². The van der Waals surface area contributed by atoms with Gasteiger partial charge in [0.15, 0.2) is 5.82 Å². The Morgan fingerprint density at radius 2 is 2.14 bits per heavy atom. The van der Waals surface area contributed by atoms with Gasteiger partial charge in [-0.25, -0.2) is 0 Å². The fourth-order valence-corrected chi connectivity index (χ4v) is 3.56. The van der Waals surface area contributed by atoms with Crippen molar-refractivity contribution < 1.29 is 9.53 Å². The van der Waals surface area contributed by atoms with E-state index < -0.39 is 5.54 Å². The molecule has 28 heavy (non-hydrogen) atoms. The number of hydrogen-bond donors (Lipinski definition) is 2. The van der Waals surface area contributed by atoms with E-state index in [1.54, 1.807) is 47.8 Å². The number of ether oxygens (including phenoxy) is 1. The van der Waals surface area contributed by atoms with E-state index in [1.165, 1.54) is 0 Å². The molecular formula is C18H22N8O2. The minimum absolute atomic E-state index is 0.0951. The first-order valence-corrected chi connectivity index (χ1v) is 9.10. The SMILES string of the molecule is COc1ccc(NC(=O)C2(n3cccn3)CCNCC2)cc1-n1nnnc1C. The van der Waals surface area contributed by atoms with Crippen molar-refractivity contribution in [2.75, 3.05) is 25.5 Å². The summed E-state index contributed by atoms with van der Waals surface area (Å²) >= 11 is 0. The number of carbonyl (C=O) groups is 1. The molecule has 1 fully saturated rings. The summed E-state index contributed by atoms with van der Waals surface area (Å²) in [6.45, 7) is 3.31. The van der Waals surface area contributed by atoms with Gasteiger partial charge in [0.25, 0.3) is 5.91 Å². The highest BCUT2D eigenvalue weighted by Crippen LogP contribution is 2.31. The second-order valence-electron chi connectivity index (χ2n) is 6.71. The van der Waals surface area contributed by atoms with Crippen molar-refractivity contribution in [1.29, 1.82) is 0 Å². The molecule has 4 rings (SSSR count). The van der Waals surface area contributed by atoms with Crippen LogP contribution in [0.4, 0.5) is 5.69 Å². The van der Waals surface area contributed by atoms with Gasteiger partial charge in [-0.15, -0.1) is 5.10 Å². The summed E-state index contributed by atoms with van der Waals surface area (Å²) in [5, 5.41) is 22.3. The number of aryl methyl sites for hydroxylation is 1. The number of carbonyl (C=O) groups excluding carboxylic acids is 1. The van der Waals surface area contributed by atoms with E-state index in [0.29, 0.717) is 35.8 Å². The molecule has 0 atom stereocenters. The zero-order valence-corrected chi connectivity index (χ0v) is 15.8. The van der Waals surface area contributed by atoms with Crippen LogP contribution in [0.15, 0.2) is 36.7 Å². The van der Waals surface area contributed by atoms with E-state index in [9.17, 15) is 4.79 Å². The highest BCUT2D eigenvalue weighted by atomic mass is 16.5. The van der Waals surface area contributed by atoms with Crippen molar-refractivity contribution >= 4 is 11.6 Å². The highest BCUT2D eigenvalue weighted by Gasteiger charge is 2.42. The quantitative estimate of drug-likeness (QED) is 0.674. The second kappa shape index (κ2) is 7.39. The molecule has 146 valence electrons. The lowest BCUT2D eigenvalue weighted by molar-refractivity contribution is -0.126. The smallest absolute Gasteiger partial charge is 0.252 e. The van der Waals surface area contributed by atoms with Crippen LogP contribution in [0.3, 0.4) is 0 Å². The number of rotatable bonds is 5. The molecule has 2 N–H and O–H groups in total. The maximum atomic E-state index is 13.3. The van der Waals surface area contributed by atoms with Gasteiger partial charge in [-0.05, 0) is 67.5 Å². The lowest BCUT2D eigenvalue weighted by atomic mass is 9.87. The first-order chi connectivity index (χ1) is 13.6. The van der Waals surface area contributed by atoms with Crippen LogP contribution >= 0.6 is 0 Å². The van der Waals surface area contributed by atoms with Gasteiger partial charge in [0.1, 0.15) is 17.0 Å². The average Bonchev–Trinajstić information content (AvgIpc) is 3.40. The van der Waals surface area contributed by atoms with Crippen LogP contribution in [0.25, 0.3) is 5.69 Å². The number of aromatic nitrogens is 6. The monoisotopic (exact) mass is 382 g/mol. The zero-order valence-electron chi connectivity index (χ0n) is 15.8. The molecule has 0 bridgehead atoms. The molecule has 1 aliphatic heterocycles. The summed E-state index contributed by atoms with van der Waals surface area (Å²) in [5.74, 6) is 1.13. The molecule has 1 aliphatic rings. The summed E-state index contributed by atoms with van der Waals surface area (Å²) < 4.78 is 8.76. The number of amides is 1. The first-order valence-electron chi connectivity index (χ1n) is 9.10. The predicted octanol–water partition coefficient (Wildman–Crippen LogP) is 0.893. The molecule has 3 heterocycles. The highest BCUT2D eigenvalue weighted by molar-refractivity contribution is 5.97. The maximum Gasteiger partial charge on any atom is 0.252 e. The first kappa shape index (κ1) is 18.1. The van der Waals surface area contributed by atoms with Crippen LogP contribution in [0, 0.1) is 6.92 Å². The van der Waals surface area contributed by atoms with Gasteiger partial charge in [-0.1, -0.05) is 0 Å². The van der Waals surface area contributed by atoms with E-state index in [1.807, 2.05) is 12.3 Å². The lowest BCUT2D eigenvalue weighted by Crippen LogP contribution is -2.52. The van der Waals surface area contributed by atoms with E-state index >= 15 is 0 Å². The third kappa shape index (κ3) is 3.11.